The van der Waals surface area contributed by atoms with Gasteiger partial charge in [0.25, 0.3) is 0 Å². The second kappa shape index (κ2) is 4.80. The maximum absolute atomic E-state index is 8.46. The number of nitrogens with zero attached hydrogens (tertiary/aromatic N) is 3. The minimum Gasteiger partial charge on any atom is -0.409 e. The molecule has 0 saturated carbocycles. The molecule has 0 unspecified atom stereocenters. The minimum absolute atomic E-state index is 0.00185. The lowest BCUT2D eigenvalue weighted by molar-refractivity contribution is 0.318. The molecule has 0 aliphatic carbocycles. The molecule has 1 aromatic heterocycles. The van der Waals surface area contributed by atoms with Gasteiger partial charge in [-0.05, 0) is 6.07 Å². The van der Waals surface area contributed by atoms with Crippen LogP contribution in [0.3, 0.4) is 0 Å². The topological polar surface area (TPSA) is 84.4 Å². The van der Waals surface area contributed by atoms with Crippen molar-refractivity contribution in [2.45, 2.75) is 24.3 Å². The first-order chi connectivity index (χ1) is 6.63. The highest BCUT2D eigenvalue weighted by atomic mass is 32.2. The standard InChI is InChI=1S/C8H12N4OS/c1-5(2)14-8-10-4-3-6(11-8)7(9)12-13/h3-5,13H,1-2H3,(H2,9,12). The van der Waals surface area contributed by atoms with E-state index in [-0.39, 0.29) is 5.84 Å². The van der Waals surface area contributed by atoms with E-state index in [9.17, 15) is 0 Å². The van der Waals surface area contributed by atoms with Crippen molar-refractivity contribution in [1.29, 1.82) is 0 Å². The van der Waals surface area contributed by atoms with Gasteiger partial charge in [-0.25, -0.2) is 9.97 Å². The second-order valence-electron chi connectivity index (χ2n) is 2.88. The molecule has 0 atom stereocenters. The molecule has 6 heteroatoms. The van der Waals surface area contributed by atoms with E-state index in [2.05, 4.69) is 15.1 Å². The van der Waals surface area contributed by atoms with E-state index in [1.54, 1.807) is 12.3 Å². The van der Waals surface area contributed by atoms with Crippen LogP contribution in [0.25, 0.3) is 0 Å². The van der Waals surface area contributed by atoms with E-state index in [0.717, 1.165) is 0 Å². The maximum Gasteiger partial charge on any atom is 0.188 e. The quantitative estimate of drug-likeness (QED) is 0.195. The minimum atomic E-state index is -0.00185. The maximum atomic E-state index is 8.46. The molecule has 3 N–H and O–H groups in total. The van der Waals surface area contributed by atoms with Gasteiger partial charge in [0.2, 0.25) is 0 Å². The van der Waals surface area contributed by atoms with Gasteiger partial charge in [0, 0.05) is 11.4 Å². The number of amidine groups is 1. The summed E-state index contributed by atoms with van der Waals surface area (Å²) in [7, 11) is 0. The van der Waals surface area contributed by atoms with Crippen molar-refractivity contribution >= 4 is 17.6 Å². The molecule has 0 bridgehead atoms. The number of hydrogen-bond acceptors (Lipinski definition) is 5. The molecule has 76 valence electrons. The second-order valence-corrected chi connectivity index (χ2v) is 4.42. The van der Waals surface area contributed by atoms with Crippen molar-refractivity contribution < 1.29 is 5.21 Å². The van der Waals surface area contributed by atoms with Gasteiger partial charge in [-0.15, -0.1) is 0 Å². The average Bonchev–Trinajstić information content (AvgIpc) is 2.16. The van der Waals surface area contributed by atoms with Gasteiger partial charge >= 0.3 is 0 Å². The zero-order valence-corrected chi connectivity index (χ0v) is 8.82. The van der Waals surface area contributed by atoms with Crippen molar-refractivity contribution in [1.82, 2.24) is 9.97 Å². The van der Waals surface area contributed by atoms with Crippen LogP contribution in [0.2, 0.25) is 0 Å². The smallest absolute Gasteiger partial charge is 0.188 e. The lowest BCUT2D eigenvalue weighted by atomic mass is 10.4. The Morgan fingerprint density at radius 1 is 1.64 bits per heavy atom. The van der Waals surface area contributed by atoms with Crippen molar-refractivity contribution in [2.24, 2.45) is 10.9 Å². The lowest BCUT2D eigenvalue weighted by Gasteiger charge is -2.03. The van der Waals surface area contributed by atoms with Gasteiger partial charge in [0.15, 0.2) is 11.0 Å². The van der Waals surface area contributed by atoms with Crippen LogP contribution in [0.5, 0.6) is 0 Å². The summed E-state index contributed by atoms with van der Waals surface area (Å²) >= 11 is 1.53. The zero-order valence-electron chi connectivity index (χ0n) is 8.01. The Morgan fingerprint density at radius 3 is 2.93 bits per heavy atom. The van der Waals surface area contributed by atoms with Crippen LogP contribution in [-0.4, -0.2) is 26.3 Å². The van der Waals surface area contributed by atoms with Crippen LogP contribution in [-0.2, 0) is 0 Å². The monoisotopic (exact) mass is 212 g/mol. The van der Waals surface area contributed by atoms with E-state index >= 15 is 0 Å². The van der Waals surface area contributed by atoms with Gasteiger partial charge in [-0.3, -0.25) is 0 Å². The Hall–Kier alpha value is -1.30. The van der Waals surface area contributed by atoms with E-state index in [4.69, 9.17) is 10.9 Å². The predicted molar refractivity (Wildman–Crippen MR) is 55.5 cm³/mol. The normalized spacial score (nSPS) is 12.1. The molecular weight excluding hydrogens is 200 g/mol. The fraction of sp³-hybridized carbons (Fsp3) is 0.375. The van der Waals surface area contributed by atoms with E-state index < -0.39 is 0 Å². The number of thioether (sulfide) groups is 1. The van der Waals surface area contributed by atoms with E-state index in [0.29, 0.717) is 16.1 Å². The first-order valence-corrected chi connectivity index (χ1v) is 4.99. The third kappa shape index (κ3) is 2.88. The average molecular weight is 212 g/mol. The molecule has 0 radical (unpaired) electrons. The molecule has 5 nitrogen and oxygen atoms in total. The van der Waals surface area contributed by atoms with Crippen molar-refractivity contribution in [3.05, 3.63) is 18.0 Å². The molecule has 0 aliphatic rings. The van der Waals surface area contributed by atoms with Crippen LogP contribution < -0.4 is 5.73 Å². The highest BCUT2D eigenvalue weighted by molar-refractivity contribution is 7.99. The van der Waals surface area contributed by atoms with Crippen molar-refractivity contribution in [3.8, 4) is 0 Å². The number of oxime groups is 1. The van der Waals surface area contributed by atoms with Gasteiger partial charge < -0.3 is 10.9 Å². The number of aromatic nitrogens is 2. The summed E-state index contributed by atoms with van der Waals surface area (Å²) in [4.78, 5) is 8.18. The first kappa shape index (κ1) is 10.8. The Morgan fingerprint density at radius 2 is 2.36 bits per heavy atom. The Bertz CT molecular complexity index is 340. The van der Waals surface area contributed by atoms with E-state index in [1.807, 2.05) is 13.8 Å². The molecule has 0 saturated heterocycles. The van der Waals surface area contributed by atoms with Crippen LogP contribution in [0, 0.1) is 0 Å². The summed E-state index contributed by atoms with van der Waals surface area (Å²) in [5, 5.41) is 12.4. The third-order valence-electron chi connectivity index (χ3n) is 1.34. The molecule has 14 heavy (non-hydrogen) atoms. The zero-order chi connectivity index (χ0) is 10.6. The summed E-state index contributed by atoms with van der Waals surface area (Å²) in [5.74, 6) is -0.00185. The van der Waals surface area contributed by atoms with E-state index in [1.165, 1.54) is 11.8 Å². The molecule has 1 aromatic rings. The van der Waals surface area contributed by atoms with Crippen LogP contribution >= 0.6 is 11.8 Å². The fourth-order valence-corrected chi connectivity index (χ4v) is 1.50. The molecule has 0 spiro atoms. The highest BCUT2D eigenvalue weighted by Crippen LogP contribution is 2.17. The summed E-state index contributed by atoms with van der Waals surface area (Å²) in [6.45, 7) is 4.09. The summed E-state index contributed by atoms with van der Waals surface area (Å²) in [6.07, 6.45) is 1.59. The highest BCUT2D eigenvalue weighted by Gasteiger charge is 2.05. The van der Waals surface area contributed by atoms with Crippen LogP contribution in [0.4, 0.5) is 0 Å². The first-order valence-electron chi connectivity index (χ1n) is 4.11. The van der Waals surface area contributed by atoms with Gasteiger partial charge in [-0.1, -0.05) is 30.8 Å². The molecule has 0 amide bonds. The summed E-state index contributed by atoms with van der Waals surface area (Å²) in [6, 6.07) is 1.60. The third-order valence-corrected chi connectivity index (χ3v) is 2.22. The fourth-order valence-electron chi connectivity index (χ4n) is 0.802. The van der Waals surface area contributed by atoms with Crippen LogP contribution in [0.15, 0.2) is 22.6 Å². The number of rotatable bonds is 3. The molecular formula is C8H12N4OS. The largest absolute Gasteiger partial charge is 0.409 e. The summed E-state index contributed by atoms with van der Waals surface area (Å²) in [5.41, 5.74) is 5.83. The van der Waals surface area contributed by atoms with Gasteiger partial charge in [0.1, 0.15) is 5.69 Å². The van der Waals surface area contributed by atoms with Crippen LogP contribution in [0.1, 0.15) is 19.5 Å². The Balaban J connectivity index is 2.90. The number of nitrogens with two attached hydrogens (primary N) is 1. The Labute approximate surface area is 86.4 Å². The van der Waals surface area contributed by atoms with Crippen molar-refractivity contribution in [3.63, 3.8) is 0 Å². The predicted octanol–water partition coefficient (Wildman–Crippen LogP) is 1.07. The molecule has 0 fully saturated rings. The lowest BCUT2D eigenvalue weighted by Crippen LogP contribution is -2.15. The number of hydrogen-bond donors (Lipinski definition) is 2. The van der Waals surface area contributed by atoms with Crippen molar-refractivity contribution in [2.75, 3.05) is 0 Å². The van der Waals surface area contributed by atoms with Gasteiger partial charge in [0.05, 0.1) is 0 Å². The van der Waals surface area contributed by atoms with Gasteiger partial charge in [-0.2, -0.15) is 0 Å². The molecule has 0 aliphatic heterocycles. The Kier molecular flexibility index (Phi) is 3.70. The SMILES string of the molecule is CC(C)Sc1nccc(/C(N)=N/O)n1. The molecule has 1 rings (SSSR count). The molecule has 1 heterocycles. The summed E-state index contributed by atoms with van der Waals surface area (Å²) < 4.78 is 0. The molecule has 0 aromatic carbocycles.